The monoisotopic (exact) mass is 480 g/mol. The molecule has 2 amide bonds. The van der Waals surface area contributed by atoms with Gasteiger partial charge in [0.15, 0.2) is 5.82 Å². The number of carbonyl (C=O) groups is 1. The highest BCUT2D eigenvalue weighted by atomic mass is 19.4. The van der Waals surface area contributed by atoms with E-state index in [1.54, 1.807) is 24.3 Å². The van der Waals surface area contributed by atoms with Crippen molar-refractivity contribution in [1.29, 1.82) is 0 Å². The van der Waals surface area contributed by atoms with Crippen LogP contribution in [0.5, 0.6) is 0 Å². The molecule has 2 heterocycles. The zero-order valence-corrected chi connectivity index (χ0v) is 17.7. The van der Waals surface area contributed by atoms with Crippen molar-refractivity contribution in [1.82, 2.24) is 20.2 Å². The summed E-state index contributed by atoms with van der Waals surface area (Å²) >= 11 is 0. The molecule has 0 unspecified atom stereocenters. The lowest BCUT2D eigenvalue weighted by Crippen LogP contribution is -2.20. The number of aromatic amines is 2. The molecule has 4 N–H and O–H groups in total. The van der Waals surface area contributed by atoms with Crippen LogP contribution in [0, 0.1) is 5.82 Å². The Labute approximate surface area is 195 Å². The average Bonchev–Trinajstić information content (AvgIpc) is 3.47. The van der Waals surface area contributed by atoms with Gasteiger partial charge in [-0.3, -0.25) is 5.10 Å². The van der Waals surface area contributed by atoms with E-state index < -0.39 is 29.3 Å². The first kappa shape index (κ1) is 22.1. The van der Waals surface area contributed by atoms with Gasteiger partial charge in [0.05, 0.1) is 28.0 Å². The number of urea groups is 1. The maximum Gasteiger partial charge on any atom is 0.416 e. The lowest BCUT2D eigenvalue weighted by molar-refractivity contribution is -0.137. The van der Waals surface area contributed by atoms with E-state index in [2.05, 4.69) is 30.8 Å². The normalized spacial score (nSPS) is 11.5. The average molecular weight is 480 g/mol. The number of benzene rings is 3. The van der Waals surface area contributed by atoms with Crippen LogP contribution in [0.2, 0.25) is 0 Å². The summed E-state index contributed by atoms with van der Waals surface area (Å²) in [5.74, 6) is -0.343. The third kappa shape index (κ3) is 4.69. The van der Waals surface area contributed by atoms with E-state index in [-0.39, 0.29) is 0 Å². The Kier molecular flexibility index (Phi) is 5.44. The summed E-state index contributed by atoms with van der Waals surface area (Å²) < 4.78 is 52.4. The third-order valence-electron chi connectivity index (χ3n) is 5.20. The highest BCUT2D eigenvalue weighted by Crippen LogP contribution is 2.32. The van der Waals surface area contributed by atoms with Crippen molar-refractivity contribution in [3.8, 4) is 22.8 Å². The number of nitrogens with one attached hydrogen (secondary N) is 4. The fourth-order valence-corrected chi connectivity index (χ4v) is 3.48. The highest BCUT2D eigenvalue weighted by molar-refractivity contribution is 6.00. The number of carbonyl (C=O) groups excluding carboxylic acids is 1. The van der Waals surface area contributed by atoms with E-state index in [9.17, 15) is 22.4 Å². The van der Waals surface area contributed by atoms with Crippen LogP contribution in [-0.4, -0.2) is 26.2 Å². The number of para-hydroxylation sites is 2. The largest absolute Gasteiger partial charge is 0.416 e. The van der Waals surface area contributed by atoms with Crippen molar-refractivity contribution >= 4 is 28.4 Å². The fraction of sp³-hybridized carbons (Fsp3) is 0.0417. The number of hydrogen-bond donors (Lipinski definition) is 4. The summed E-state index contributed by atoms with van der Waals surface area (Å²) in [6, 6.07) is 17.0. The van der Waals surface area contributed by atoms with E-state index >= 15 is 0 Å². The molecule has 176 valence electrons. The number of alkyl halides is 3. The lowest BCUT2D eigenvalue weighted by Gasteiger charge is -2.12. The van der Waals surface area contributed by atoms with Gasteiger partial charge < -0.3 is 15.6 Å². The molecule has 0 saturated carbocycles. The van der Waals surface area contributed by atoms with Gasteiger partial charge in [0, 0.05) is 11.3 Å². The van der Waals surface area contributed by atoms with Crippen LogP contribution in [0.25, 0.3) is 33.8 Å². The number of halogens is 4. The van der Waals surface area contributed by atoms with Crippen molar-refractivity contribution in [3.63, 3.8) is 0 Å². The van der Waals surface area contributed by atoms with Crippen molar-refractivity contribution in [2.45, 2.75) is 6.18 Å². The molecule has 0 aliphatic heterocycles. The number of hydrogen-bond acceptors (Lipinski definition) is 3. The molecule has 0 aliphatic rings. The summed E-state index contributed by atoms with van der Waals surface area (Å²) in [5, 5.41) is 11.8. The summed E-state index contributed by atoms with van der Waals surface area (Å²) in [4.78, 5) is 19.9. The topological polar surface area (TPSA) is 98.5 Å². The molecule has 11 heteroatoms. The first-order valence-electron chi connectivity index (χ1n) is 10.3. The van der Waals surface area contributed by atoms with Crippen LogP contribution in [-0.2, 0) is 6.18 Å². The fourth-order valence-electron chi connectivity index (χ4n) is 3.48. The lowest BCUT2D eigenvalue weighted by atomic mass is 10.1. The Morgan fingerprint density at radius 1 is 0.914 bits per heavy atom. The Hall–Kier alpha value is -4.67. The first-order chi connectivity index (χ1) is 16.8. The van der Waals surface area contributed by atoms with Gasteiger partial charge in [0.25, 0.3) is 0 Å². The maximum absolute atomic E-state index is 13.9. The van der Waals surface area contributed by atoms with Crippen molar-refractivity contribution in [3.05, 3.63) is 84.2 Å². The van der Waals surface area contributed by atoms with Crippen LogP contribution < -0.4 is 10.6 Å². The molecule has 0 aliphatic carbocycles. The number of nitrogens with zero attached hydrogens (tertiary/aromatic N) is 2. The molecule has 0 radical (unpaired) electrons. The van der Waals surface area contributed by atoms with E-state index in [4.69, 9.17) is 0 Å². The second-order valence-electron chi connectivity index (χ2n) is 7.62. The summed E-state index contributed by atoms with van der Waals surface area (Å²) in [6.07, 6.45) is -4.66. The number of aromatic nitrogens is 4. The van der Waals surface area contributed by atoms with E-state index in [1.165, 1.54) is 0 Å². The summed E-state index contributed by atoms with van der Waals surface area (Å²) in [6.45, 7) is 0. The summed E-state index contributed by atoms with van der Waals surface area (Å²) in [5.41, 5.74) is 2.52. The molecule has 35 heavy (non-hydrogen) atoms. The Balaban J connectivity index is 1.27. The van der Waals surface area contributed by atoms with Gasteiger partial charge in [-0.2, -0.15) is 18.3 Å². The molecule has 0 saturated heterocycles. The van der Waals surface area contributed by atoms with Crippen molar-refractivity contribution in [2.75, 3.05) is 10.6 Å². The number of fused-ring (bicyclic) bond motifs is 1. The minimum absolute atomic E-state index is 0.353. The minimum Gasteiger partial charge on any atom is -0.337 e. The van der Waals surface area contributed by atoms with Gasteiger partial charge in [0.1, 0.15) is 11.5 Å². The standard InChI is InChI=1S/C24H16F4N6O/c25-16-10-7-14(24(26,27)28)11-20(16)32-23(35)29-15-8-5-13(6-9-15)19-12-21(34-33-19)22-30-17-3-1-2-4-18(17)31-22/h1-12H,(H,30,31)(H,33,34)(H2,29,32,35). The number of imidazole rings is 1. The zero-order chi connectivity index (χ0) is 24.6. The maximum atomic E-state index is 13.9. The van der Waals surface area contributed by atoms with E-state index in [1.807, 2.05) is 30.3 Å². The van der Waals surface area contributed by atoms with Gasteiger partial charge in [-0.05, 0) is 48.5 Å². The number of H-pyrrole nitrogens is 2. The van der Waals surface area contributed by atoms with Gasteiger partial charge in [-0.15, -0.1) is 0 Å². The van der Waals surface area contributed by atoms with Crippen LogP contribution in [0.15, 0.2) is 72.8 Å². The predicted octanol–water partition coefficient (Wildman–Crippen LogP) is 6.42. The third-order valence-corrected chi connectivity index (χ3v) is 5.20. The highest BCUT2D eigenvalue weighted by Gasteiger charge is 2.31. The van der Waals surface area contributed by atoms with Crippen LogP contribution in [0.1, 0.15) is 5.56 Å². The van der Waals surface area contributed by atoms with E-state index in [0.29, 0.717) is 41.1 Å². The van der Waals surface area contributed by atoms with Gasteiger partial charge in [0.2, 0.25) is 0 Å². The molecule has 0 atom stereocenters. The van der Waals surface area contributed by atoms with E-state index in [0.717, 1.165) is 16.6 Å². The molecule has 5 aromatic rings. The molecule has 0 bridgehead atoms. The number of rotatable bonds is 4. The second kappa shape index (κ2) is 8.60. The van der Waals surface area contributed by atoms with Crippen molar-refractivity contribution < 1.29 is 22.4 Å². The van der Waals surface area contributed by atoms with Crippen LogP contribution in [0.4, 0.5) is 33.7 Å². The Morgan fingerprint density at radius 3 is 2.43 bits per heavy atom. The zero-order valence-electron chi connectivity index (χ0n) is 17.7. The molecular weight excluding hydrogens is 464 g/mol. The molecule has 2 aromatic heterocycles. The quantitative estimate of drug-likeness (QED) is 0.223. The van der Waals surface area contributed by atoms with Gasteiger partial charge >= 0.3 is 12.2 Å². The first-order valence-corrected chi connectivity index (χ1v) is 10.3. The number of amides is 2. The summed E-state index contributed by atoms with van der Waals surface area (Å²) in [7, 11) is 0. The molecule has 0 spiro atoms. The van der Waals surface area contributed by atoms with Gasteiger partial charge in [-0.1, -0.05) is 24.3 Å². The SMILES string of the molecule is O=C(Nc1ccc(-c2cc(-c3nc4ccccc4[nH]3)[nH]n2)cc1)Nc1cc(C(F)(F)F)ccc1F. The molecule has 3 aromatic carbocycles. The van der Waals surface area contributed by atoms with Crippen molar-refractivity contribution in [2.24, 2.45) is 0 Å². The smallest absolute Gasteiger partial charge is 0.337 e. The molecular formula is C24H16F4N6O. The molecule has 0 fully saturated rings. The van der Waals surface area contributed by atoms with Crippen LogP contribution in [0.3, 0.4) is 0 Å². The van der Waals surface area contributed by atoms with Gasteiger partial charge in [-0.25, -0.2) is 14.2 Å². The Bertz CT molecular complexity index is 1490. The number of anilines is 2. The second-order valence-corrected chi connectivity index (χ2v) is 7.62. The Morgan fingerprint density at radius 2 is 1.69 bits per heavy atom. The molecule has 5 rings (SSSR count). The molecule has 7 nitrogen and oxygen atoms in total. The predicted molar refractivity (Wildman–Crippen MR) is 123 cm³/mol. The minimum atomic E-state index is -4.66. The van der Waals surface area contributed by atoms with Crippen LogP contribution >= 0.6 is 0 Å².